The molecule has 0 fully saturated rings. The van der Waals surface area contributed by atoms with Crippen molar-refractivity contribution in [3.8, 4) is 0 Å². The van der Waals surface area contributed by atoms with Gasteiger partial charge in [-0.1, -0.05) is 41.0 Å². The second kappa shape index (κ2) is 5.53. The average Bonchev–Trinajstić information content (AvgIpc) is 2.01. The van der Waals surface area contributed by atoms with Crippen molar-refractivity contribution < 1.29 is 4.79 Å². The van der Waals surface area contributed by atoms with E-state index in [0.717, 1.165) is 19.4 Å². The van der Waals surface area contributed by atoms with Gasteiger partial charge in [0.05, 0.1) is 0 Å². The summed E-state index contributed by atoms with van der Waals surface area (Å²) in [6.45, 7) is 13.8. The summed E-state index contributed by atoms with van der Waals surface area (Å²) in [7, 11) is 0. The Bertz CT molecular complexity index is 207. The molecule has 0 saturated carbocycles. The van der Waals surface area contributed by atoms with E-state index in [0.29, 0.717) is 11.8 Å². The molecular formula is C13H27NO. The van der Waals surface area contributed by atoms with Crippen LogP contribution in [-0.2, 0) is 4.79 Å². The number of amides is 1. The van der Waals surface area contributed by atoms with Gasteiger partial charge >= 0.3 is 0 Å². The fourth-order valence-corrected chi connectivity index (χ4v) is 2.18. The number of carbonyl (C=O) groups is 1. The Morgan fingerprint density at radius 2 is 1.60 bits per heavy atom. The summed E-state index contributed by atoms with van der Waals surface area (Å²) in [5.74, 6) is 0.175. The standard InChI is InChI=1S/C13H27NO/c1-7-12(3,4)10-13(5,6)9-11(15)14-8-2/h7-10H2,1-6H3,(H,14,15). The van der Waals surface area contributed by atoms with E-state index in [1.54, 1.807) is 0 Å². The molecule has 0 aromatic rings. The summed E-state index contributed by atoms with van der Waals surface area (Å²) in [4.78, 5) is 11.5. The van der Waals surface area contributed by atoms with Crippen LogP contribution in [-0.4, -0.2) is 12.5 Å². The van der Waals surface area contributed by atoms with E-state index in [4.69, 9.17) is 0 Å². The number of hydrogen-bond acceptors (Lipinski definition) is 1. The second-order valence-electron chi connectivity index (χ2n) is 5.99. The topological polar surface area (TPSA) is 29.1 Å². The molecular weight excluding hydrogens is 186 g/mol. The fourth-order valence-electron chi connectivity index (χ4n) is 2.18. The first-order valence-electron chi connectivity index (χ1n) is 5.99. The van der Waals surface area contributed by atoms with E-state index in [2.05, 4.69) is 39.9 Å². The number of nitrogens with one attached hydrogen (secondary N) is 1. The molecule has 1 N–H and O–H groups in total. The highest BCUT2D eigenvalue weighted by Gasteiger charge is 2.29. The number of carbonyl (C=O) groups excluding carboxylic acids is 1. The molecule has 0 rings (SSSR count). The first-order valence-corrected chi connectivity index (χ1v) is 5.99. The van der Waals surface area contributed by atoms with E-state index in [9.17, 15) is 4.79 Å². The third-order valence-electron chi connectivity index (χ3n) is 2.93. The van der Waals surface area contributed by atoms with Gasteiger partial charge in [0.1, 0.15) is 0 Å². The smallest absolute Gasteiger partial charge is 0.220 e. The highest BCUT2D eigenvalue weighted by Crippen LogP contribution is 2.37. The van der Waals surface area contributed by atoms with Crippen LogP contribution in [0.2, 0.25) is 0 Å². The number of rotatable bonds is 6. The van der Waals surface area contributed by atoms with Crippen LogP contribution in [0.15, 0.2) is 0 Å². The molecule has 0 aromatic carbocycles. The van der Waals surface area contributed by atoms with E-state index >= 15 is 0 Å². The van der Waals surface area contributed by atoms with E-state index in [-0.39, 0.29) is 11.3 Å². The summed E-state index contributed by atoms with van der Waals surface area (Å²) >= 11 is 0. The van der Waals surface area contributed by atoms with Gasteiger partial charge in [0, 0.05) is 13.0 Å². The van der Waals surface area contributed by atoms with E-state index in [1.807, 2.05) is 6.92 Å². The van der Waals surface area contributed by atoms with Crippen LogP contribution in [0.4, 0.5) is 0 Å². The van der Waals surface area contributed by atoms with Crippen molar-refractivity contribution in [1.82, 2.24) is 5.32 Å². The highest BCUT2D eigenvalue weighted by molar-refractivity contribution is 5.76. The Kier molecular flexibility index (Phi) is 5.33. The summed E-state index contributed by atoms with van der Waals surface area (Å²) in [6.07, 6.45) is 2.88. The molecule has 2 heteroatoms. The molecule has 2 nitrogen and oxygen atoms in total. The van der Waals surface area contributed by atoms with Gasteiger partial charge in [0.25, 0.3) is 0 Å². The van der Waals surface area contributed by atoms with Crippen LogP contribution < -0.4 is 5.32 Å². The maximum absolute atomic E-state index is 11.5. The largest absolute Gasteiger partial charge is 0.356 e. The molecule has 0 aliphatic carbocycles. The zero-order valence-electron chi connectivity index (χ0n) is 11.2. The maximum atomic E-state index is 11.5. The molecule has 0 atom stereocenters. The zero-order chi connectivity index (χ0) is 12.1. The molecule has 0 heterocycles. The monoisotopic (exact) mass is 213 g/mol. The SMILES string of the molecule is CCNC(=O)CC(C)(C)CC(C)(C)CC. The molecule has 0 aromatic heterocycles. The maximum Gasteiger partial charge on any atom is 0.220 e. The predicted octanol–water partition coefficient (Wildman–Crippen LogP) is 3.37. The fraction of sp³-hybridized carbons (Fsp3) is 0.923. The third-order valence-corrected chi connectivity index (χ3v) is 2.93. The molecule has 0 bridgehead atoms. The number of hydrogen-bond donors (Lipinski definition) is 1. The molecule has 0 aliphatic rings. The lowest BCUT2D eigenvalue weighted by Crippen LogP contribution is -2.31. The average molecular weight is 213 g/mol. The first-order chi connectivity index (χ1) is 6.72. The third kappa shape index (κ3) is 6.53. The van der Waals surface area contributed by atoms with Crippen LogP contribution in [0.3, 0.4) is 0 Å². The minimum Gasteiger partial charge on any atom is -0.356 e. The van der Waals surface area contributed by atoms with Crippen LogP contribution in [0.1, 0.15) is 60.8 Å². The molecule has 0 saturated heterocycles. The minimum absolute atomic E-state index is 0.0960. The molecule has 0 unspecified atom stereocenters. The van der Waals surface area contributed by atoms with Crippen LogP contribution in [0, 0.1) is 10.8 Å². The Morgan fingerprint density at radius 3 is 2.00 bits per heavy atom. The molecule has 0 spiro atoms. The van der Waals surface area contributed by atoms with Crippen molar-refractivity contribution in [3.05, 3.63) is 0 Å². The van der Waals surface area contributed by atoms with Crippen LogP contribution >= 0.6 is 0 Å². The molecule has 0 radical (unpaired) electrons. The Hall–Kier alpha value is -0.530. The Morgan fingerprint density at radius 1 is 1.07 bits per heavy atom. The van der Waals surface area contributed by atoms with Crippen molar-refractivity contribution >= 4 is 5.91 Å². The van der Waals surface area contributed by atoms with Crippen molar-refractivity contribution in [2.24, 2.45) is 10.8 Å². The lowest BCUT2D eigenvalue weighted by molar-refractivity contribution is -0.123. The van der Waals surface area contributed by atoms with Gasteiger partial charge in [0.2, 0.25) is 5.91 Å². The summed E-state index contributed by atoms with van der Waals surface area (Å²) in [5, 5.41) is 2.87. The quantitative estimate of drug-likeness (QED) is 0.720. The predicted molar refractivity (Wildman–Crippen MR) is 65.8 cm³/mol. The van der Waals surface area contributed by atoms with E-state index in [1.165, 1.54) is 0 Å². The van der Waals surface area contributed by atoms with Crippen molar-refractivity contribution in [2.75, 3.05) is 6.54 Å². The van der Waals surface area contributed by atoms with Crippen LogP contribution in [0.5, 0.6) is 0 Å². The van der Waals surface area contributed by atoms with E-state index < -0.39 is 0 Å². The molecule has 0 aliphatic heterocycles. The lowest BCUT2D eigenvalue weighted by Gasteiger charge is -2.33. The zero-order valence-corrected chi connectivity index (χ0v) is 11.2. The second-order valence-corrected chi connectivity index (χ2v) is 5.99. The van der Waals surface area contributed by atoms with Crippen molar-refractivity contribution in [2.45, 2.75) is 60.8 Å². The van der Waals surface area contributed by atoms with Gasteiger partial charge < -0.3 is 5.32 Å². The van der Waals surface area contributed by atoms with Gasteiger partial charge in [-0.25, -0.2) is 0 Å². The minimum atomic E-state index is 0.0960. The molecule has 90 valence electrons. The lowest BCUT2D eigenvalue weighted by atomic mass is 9.72. The Balaban J connectivity index is 4.24. The van der Waals surface area contributed by atoms with Gasteiger partial charge in [-0.3, -0.25) is 4.79 Å². The normalized spacial score (nSPS) is 12.7. The summed E-state index contributed by atoms with van der Waals surface area (Å²) in [5.41, 5.74) is 0.425. The van der Waals surface area contributed by atoms with Crippen molar-refractivity contribution in [3.63, 3.8) is 0 Å². The summed E-state index contributed by atoms with van der Waals surface area (Å²) < 4.78 is 0. The summed E-state index contributed by atoms with van der Waals surface area (Å²) in [6, 6.07) is 0. The van der Waals surface area contributed by atoms with Gasteiger partial charge in [-0.05, 0) is 24.2 Å². The van der Waals surface area contributed by atoms with Gasteiger partial charge in [-0.2, -0.15) is 0 Å². The highest BCUT2D eigenvalue weighted by atomic mass is 16.1. The molecule has 15 heavy (non-hydrogen) atoms. The Labute approximate surface area is 94.8 Å². The van der Waals surface area contributed by atoms with Crippen molar-refractivity contribution in [1.29, 1.82) is 0 Å². The first kappa shape index (κ1) is 14.5. The van der Waals surface area contributed by atoms with Gasteiger partial charge in [-0.15, -0.1) is 0 Å². The van der Waals surface area contributed by atoms with Gasteiger partial charge in [0.15, 0.2) is 0 Å². The molecule has 1 amide bonds. The van der Waals surface area contributed by atoms with Crippen LogP contribution in [0.25, 0.3) is 0 Å².